The monoisotopic (exact) mass is 444 g/mol. The summed E-state index contributed by atoms with van der Waals surface area (Å²) in [5.74, 6) is -0.654. The summed E-state index contributed by atoms with van der Waals surface area (Å²) in [7, 11) is 1.43. The number of phenols is 1. The number of hydrazone groups is 1. The van der Waals surface area contributed by atoms with Gasteiger partial charge in [0.05, 0.1) is 13.3 Å². The predicted octanol–water partition coefficient (Wildman–Crippen LogP) is 4.09. The minimum atomic E-state index is -2.05. The second-order valence-electron chi connectivity index (χ2n) is 6.32. The van der Waals surface area contributed by atoms with Crippen LogP contribution in [0.4, 0.5) is 0 Å². The first-order valence-corrected chi connectivity index (χ1v) is 9.55. The lowest BCUT2D eigenvalue weighted by Crippen LogP contribution is -2.43. The Bertz CT molecular complexity index is 1020. The van der Waals surface area contributed by atoms with E-state index in [0.717, 1.165) is 0 Å². The van der Waals surface area contributed by atoms with E-state index in [4.69, 9.17) is 27.9 Å². The molecule has 1 amide bonds. The average Bonchev–Trinajstić information content (AvgIpc) is 2.75. The SMILES string of the molecule is COc1cccc(/C=N/NC(=O)C(O)(c2ccc(Cl)cc2)c2ccc(Cl)cc2)c1O. The minimum absolute atomic E-state index is 0.122. The van der Waals surface area contributed by atoms with Crippen LogP contribution in [-0.2, 0) is 10.4 Å². The van der Waals surface area contributed by atoms with Crippen molar-refractivity contribution in [3.63, 3.8) is 0 Å². The molecule has 0 saturated carbocycles. The summed E-state index contributed by atoms with van der Waals surface area (Å²) < 4.78 is 5.04. The molecule has 0 aromatic heterocycles. The Morgan fingerprint density at radius 1 is 1.00 bits per heavy atom. The summed E-state index contributed by atoms with van der Waals surface area (Å²) in [5, 5.41) is 26.3. The first kappa shape index (κ1) is 21.6. The number of nitrogens with zero attached hydrogens (tertiary/aromatic N) is 1. The normalized spacial score (nSPS) is 11.5. The Morgan fingerprint density at radius 2 is 1.53 bits per heavy atom. The third-order valence-corrected chi connectivity index (χ3v) is 4.98. The number of carbonyl (C=O) groups excluding carboxylic acids is 1. The molecule has 0 saturated heterocycles. The van der Waals surface area contributed by atoms with E-state index in [1.54, 1.807) is 66.7 Å². The summed E-state index contributed by atoms with van der Waals surface area (Å²) in [5.41, 5.74) is 1.20. The molecule has 3 aromatic rings. The van der Waals surface area contributed by atoms with Crippen LogP contribution in [0.3, 0.4) is 0 Å². The summed E-state index contributed by atoms with van der Waals surface area (Å²) in [6.45, 7) is 0. The van der Waals surface area contributed by atoms with Gasteiger partial charge in [-0.25, -0.2) is 5.43 Å². The topological polar surface area (TPSA) is 91.2 Å². The van der Waals surface area contributed by atoms with Gasteiger partial charge in [-0.2, -0.15) is 5.10 Å². The number of carbonyl (C=O) groups is 1. The van der Waals surface area contributed by atoms with Crippen LogP contribution in [0.1, 0.15) is 16.7 Å². The molecular formula is C22H18Cl2N2O4. The predicted molar refractivity (Wildman–Crippen MR) is 116 cm³/mol. The average molecular weight is 445 g/mol. The van der Waals surface area contributed by atoms with Gasteiger partial charge in [-0.15, -0.1) is 0 Å². The molecule has 0 fully saturated rings. The van der Waals surface area contributed by atoms with Crippen LogP contribution in [-0.4, -0.2) is 29.4 Å². The molecule has 3 rings (SSSR count). The first-order chi connectivity index (χ1) is 14.4. The maximum Gasteiger partial charge on any atom is 0.281 e. The molecule has 8 heteroatoms. The zero-order chi connectivity index (χ0) is 21.7. The summed E-state index contributed by atoms with van der Waals surface area (Å²) in [4.78, 5) is 13.0. The Balaban J connectivity index is 1.93. The zero-order valence-corrected chi connectivity index (χ0v) is 17.4. The van der Waals surface area contributed by atoms with E-state index in [9.17, 15) is 15.0 Å². The highest BCUT2D eigenvalue weighted by Crippen LogP contribution is 2.32. The lowest BCUT2D eigenvalue weighted by atomic mass is 9.85. The van der Waals surface area contributed by atoms with E-state index in [2.05, 4.69) is 10.5 Å². The van der Waals surface area contributed by atoms with Crippen LogP contribution < -0.4 is 10.2 Å². The van der Waals surface area contributed by atoms with Crippen LogP contribution >= 0.6 is 23.2 Å². The smallest absolute Gasteiger partial charge is 0.281 e. The Kier molecular flexibility index (Phi) is 6.62. The number of aromatic hydroxyl groups is 1. The van der Waals surface area contributed by atoms with Crippen LogP contribution in [0, 0.1) is 0 Å². The van der Waals surface area contributed by atoms with Crippen LogP contribution in [0.5, 0.6) is 11.5 Å². The molecular weight excluding hydrogens is 427 g/mol. The van der Waals surface area contributed by atoms with Crippen molar-refractivity contribution in [3.05, 3.63) is 93.5 Å². The van der Waals surface area contributed by atoms with Crippen molar-refractivity contribution in [3.8, 4) is 11.5 Å². The molecule has 0 aliphatic rings. The number of phenolic OH excluding ortho intramolecular Hbond substituents is 1. The fourth-order valence-corrected chi connectivity index (χ4v) is 3.11. The number of hydrogen-bond acceptors (Lipinski definition) is 5. The van der Waals surface area contributed by atoms with Crippen molar-refractivity contribution >= 4 is 35.3 Å². The lowest BCUT2D eigenvalue weighted by molar-refractivity contribution is -0.136. The van der Waals surface area contributed by atoms with E-state index < -0.39 is 11.5 Å². The number of hydrogen-bond donors (Lipinski definition) is 3. The third-order valence-electron chi connectivity index (χ3n) is 4.47. The number of aliphatic hydroxyl groups is 1. The number of amides is 1. The van der Waals surface area contributed by atoms with Gasteiger partial charge in [0, 0.05) is 15.6 Å². The van der Waals surface area contributed by atoms with Gasteiger partial charge < -0.3 is 14.9 Å². The summed E-state index contributed by atoms with van der Waals surface area (Å²) >= 11 is 11.9. The number of halogens is 2. The van der Waals surface area contributed by atoms with Crippen LogP contribution in [0.15, 0.2) is 71.8 Å². The standard InChI is InChI=1S/C22H18Cl2N2O4/c1-30-19-4-2-3-14(20(19)27)13-25-26-21(28)22(29,15-5-9-17(23)10-6-15)16-7-11-18(24)12-8-16/h2-13,27,29H,1H3,(H,26,28)/b25-13+. The Morgan fingerprint density at radius 3 is 2.03 bits per heavy atom. The number of para-hydroxylation sites is 1. The molecule has 0 radical (unpaired) electrons. The Labute approximate surface area is 183 Å². The molecule has 0 bridgehead atoms. The van der Waals surface area contributed by atoms with Gasteiger partial charge >= 0.3 is 0 Å². The highest BCUT2D eigenvalue weighted by atomic mass is 35.5. The molecule has 0 unspecified atom stereocenters. The lowest BCUT2D eigenvalue weighted by Gasteiger charge is -2.27. The Hall–Kier alpha value is -3.06. The molecule has 0 spiro atoms. The van der Waals surface area contributed by atoms with Crippen molar-refractivity contribution in [2.24, 2.45) is 5.10 Å². The largest absolute Gasteiger partial charge is 0.504 e. The van der Waals surface area contributed by atoms with E-state index >= 15 is 0 Å². The molecule has 3 aromatic carbocycles. The maximum atomic E-state index is 13.0. The van der Waals surface area contributed by atoms with Crippen molar-refractivity contribution < 1.29 is 19.7 Å². The highest BCUT2D eigenvalue weighted by molar-refractivity contribution is 6.30. The fraction of sp³-hybridized carbons (Fsp3) is 0.0909. The number of ether oxygens (including phenoxy) is 1. The molecule has 6 nitrogen and oxygen atoms in total. The third kappa shape index (κ3) is 4.41. The quantitative estimate of drug-likeness (QED) is 0.394. The van der Waals surface area contributed by atoms with Crippen molar-refractivity contribution in [2.45, 2.75) is 5.60 Å². The maximum absolute atomic E-state index is 13.0. The molecule has 0 aliphatic carbocycles. The highest BCUT2D eigenvalue weighted by Gasteiger charge is 2.40. The van der Waals surface area contributed by atoms with E-state index in [-0.39, 0.29) is 11.5 Å². The van der Waals surface area contributed by atoms with Crippen LogP contribution in [0.2, 0.25) is 10.0 Å². The zero-order valence-electron chi connectivity index (χ0n) is 15.8. The number of benzene rings is 3. The molecule has 0 atom stereocenters. The minimum Gasteiger partial charge on any atom is -0.504 e. The van der Waals surface area contributed by atoms with Gasteiger partial charge in [-0.1, -0.05) is 53.5 Å². The fourth-order valence-electron chi connectivity index (χ4n) is 2.86. The second-order valence-corrected chi connectivity index (χ2v) is 7.19. The molecule has 0 aliphatic heterocycles. The molecule has 30 heavy (non-hydrogen) atoms. The van der Waals surface area contributed by atoms with Crippen LogP contribution in [0.25, 0.3) is 0 Å². The van der Waals surface area contributed by atoms with Crippen molar-refractivity contribution in [2.75, 3.05) is 7.11 Å². The van der Waals surface area contributed by atoms with E-state index in [1.807, 2.05) is 0 Å². The van der Waals surface area contributed by atoms with Gasteiger partial charge in [0.1, 0.15) is 0 Å². The number of rotatable bonds is 6. The van der Waals surface area contributed by atoms with Crippen molar-refractivity contribution in [1.82, 2.24) is 5.43 Å². The molecule has 3 N–H and O–H groups in total. The van der Waals surface area contributed by atoms with Crippen molar-refractivity contribution in [1.29, 1.82) is 0 Å². The number of nitrogens with one attached hydrogen (secondary N) is 1. The second kappa shape index (κ2) is 9.17. The summed E-state index contributed by atoms with van der Waals surface area (Å²) in [6, 6.07) is 17.3. The summed E-state index contributed by atoms with van der Waals surface area (Å²) in [6.07, 6.45) is 1.25. The van der Waals surface area contributed by atoms with Gasteiger partial charge in [0.15, 0.2) is 17.1 Å². The van der Waals surface area contributed by atoms with Gasteiger partial charge in [-0.3, -0.25) is 4.79 Å². The van der Waals surface area contributed by atoms with E-state index in [1.165, 1.54) is 13.3 Å². The first-order valence-electron chi connectivity index (χ1n) is 8.80. The van der Waals surface area contributed by atoms with Gasteiger partial charge in [-0.05, 0) is 47.5 Å². The van der Waals surface area contributed by atoms with E-state index in [0.29, 0.717) is 26.7 Å². The molecule has 0 heterocycles. The molecule has 154 valence electrons. The van der Waals surface area contributed by atoms with Gasteiger partial charge in [0.25, 0.3) is 5.91 Å². The van der Waals surface area contributed by atoms with Gasteiger partial charge in [0.2, 0.25) is 0 Å². The number of methoxy groups -OCH3 is 1.